The summed E-state index contributed by atoms with van der Waals surface area (Å²) in [5, 5.41) is 3.75. The Bertz CT molecular complexity index is 269. The van der Waals surface area contributed by atoms with E-state index in [1.165, 1.54) is 32.2 Å². The van der Waals surface area contributed by atoms with Crippen LogP contribution < -0.4 is 5.32 Å². The van der Waals surface area contributed by atoms with E-state index in [0.29, 0.717) is 6.04 Å². The first-order chi connectivity index (χ1) is 8.77. The van der Waals surface area contributed by atoms with Gasteiger partial charge < -0.3 is 19.7 Å². The molecular formula is C14H26N2O2. The molecule has 2 saturated heterocycles. The quantitative estimate of drug-likeness (QED) is 0.824. The van der Waals surface area contributed by atoms with Gasteiger partial charge in [-0.3, -0.25) is 0 Å². The van der Waals surface area contributed by atoms with Crippen LogP contribution in [0.3, 0.4) is 0 Å². The number of likely N-dealkylation sites (tertiary alicyclic amines) is 1. The molecule has 0 aromatic rings. The van der Waals surface area contributed by atoms with Crippen LogP contribution in [0.1, 0.15) is 38.5 Å². The second-order valence-corrected chi connectivity index (χ2v) is 6.07. The van der Waals surface area contributed by atoms with Crippen LogP contribution >= 0.6 is 0 Å². The molecule has 2 heterocycles. The van der Waals surface area contributed by atoms with Crippen molar-refractivity contribution in [2.45, 2.75) is 56.4 Å². The van der Waals surface area contributed by atoms with E-state index in [1.807, 2.05) is 0 Å². The lowest BCUT2D eigenvalue weighted by molar-refractivity contribution is -0.179. The third kappa shape index (κ3) is 2.72. The Morgan fingerprint density at radius 2 is 1.89 bits per heavy atom. The molecule has 2 aliphatic heterocycles. The summed E-state index contributed by atoms with van der Waals surface area (Å²) in [7, 11) is 2.25. The second kappa shape index (κ2) is 5.45. The number of hydrogen-bond donors (Lipinski definition) is 1. The molecule has 0 bridgehead atoms. The fourth-order valence-electron chi connectivity index (χ4n) is 3.59. The zero-order valence-corrected chi connectivity index (χ0v) is 11.5. The molecule has 0 amide bonds. The van der Waals surface area contributed by atoms with Gasteiger partial charge in [0.05, 0.1) is 13.2 Å². The molecule has 1 saturated carbocycles. The van der Waals surface area contributed by atoms with Crippen molar-refractivity contribution in [2.24, 2.45) is 0 Å². The van der Waals surface area contributed by atoms with Crippen LogP contribution in [0.15, 0.2) is 0 Å². The van der Waals surface area contributed by atoms with Gasteiger partial charge in [-0.25, -0.2) is 0 Å². The van der Waals surface area contributed by atoms with Gasteiger partial charge in [-0.15, -0.1) is 0 Å². The van der Waals surface area contributed by atoms with Gasteiger partial charge in [0.2, 0.25) is 0 Å². The van der Waals surface area contributed by atoms with Crippen molar-refractivity contribution in [3.8, 4) is 0 Å². The maximum absolute atomic E-state index is 5.77. The van der Waals surface area contributed by atoms with Crippen molar-refractivity contribution >= 4 is 0 Å². The van der Waals surface area contributed by atoms with Gasteiger partial charge in [-0.1, -0.05) is 0 Å². The summed E-state index contributed by atoms with van der Waals surface area (Å²) in [5.74, 6) is -0.206. The highest BCUT2D eigenvalue weighted by Gasteiger charge is 2.40. The van der Waals surface area contributed by atoms with Crippen LogP contribution in [0.25, 0.3) is 0 Å². The summed E-state index contributed by atoms with van der Waals surface area (Å²) in [6, 6.07) is 1.41. The van der Waals surface area contributed by atoms with Gasteiger partial charge in [0.25, 0.3) is 0 Å². The average molecular weight is 254 g/mol. The van der Waals surface area contributed by atoms with Crippen LogP contribution in [0.2, 0.25) is 0 Å². The first kappa shape index (κ1) is 12.9. The molecule has 4 nitrogen and oxygen atoms in total. The van der Waals surface area contributed by atoms with Gasteiger partial charge in [0.15, 0.2) is 5.79 Å². The summed E-state index contributed by atoms with van der Waals surface area (Å²) in [4.78, 5) is 2.49. The van der Waals surface area contributed by atoms with E-state index in [2.05, 4.69) is 17.3 Å². The van der Waals surface area contributed by atoms with Crippen molar-refractivity contribution in [1.82, 2.24) is 10.2 Å². The zero-order valence-electron chi connectivity index (χ0n) is 11.5. The third-order valence-electron chi connectivity index (χ3n) is 4.87. The molecule has 1 spiro atoms. The van der Waals surface area contributed by atoms with Crippen molar-refractivity contribution in [3.63, 3.8) is 0 Å². The lowest BCUT2D eigenvalue weighted by atomic mass is 9.90. The fraction of sp³-hybridized carbons (Fsp3) is 1.00. The van der Waals surface area contributed by atoms with Gasteiger partial charge >= 0.3 is 0 Å². The molecule has 18 heavy (non-hydrogen) atoms. The Labute approximate surface area is 110 Å². The van der Waals surface area contributed by atoms with Crippen LogP contribution in [0.4, 0.5) is 0 Å². The highest BCUT2D eigenvalue weighted by atomic mass is 16.7. The van der Waals surface area contributed by atoms with E-state index in [1.54, 1.807) is 0 Å². The SMILES string of the molecule is CN1CCCC1CNC1CCC2(CC1)OCCO2. The van der Waals surface area contributed by atoms with Crippen molar-refractivity contribution in [1.29, 1.82) is 0 Å². The molecule has 1 unspecified atom stereocenters. The normalized spacial score (nSPS) is 33.5. The van der Waals surface area contributed by atoms with E-state index in [-0.39, 0.29) is 5.79 Å². The predicted octanol–water partition coefficient (Wildman–Crippen LogP) is 1.36. The third-order valence-corrected chi connectivity index (χ3v) is 4.87. The summed E-state index contributed by atoms with van der Waals surface area (Å²) in [6.07, 6.45) is 7.22. The molecule has 3 rings (SSSR count). The zero-order chi connectivity index (χ0) is 12.4. The second-order valence-electron chi connectivity index (χ2n) is 6.07. The molecule has 1 aliphatic carbocycles. The molecule has 0 aromatic heterocycles. The minimum atomic E-state index is -0.206. The Balaban J connectivity index is 1.40. The molecule has 4 heteroatoms. The van der Waals surface area contributed by atoms with Gasteiger partial charge in [0, 0.05) is 31.5 Å². The summed E-state index contributed by atoms with van der Waals surface area (Å²) in [5.41, 5.74) is 0. The highest BCUT2D eigenvalue weighted by molar-refractivity contribution is 4.87. The summed E-state index contributed by atoms with van der Waals surface area (Å²) in [6.45, 7) is 3.98. The Morgan fingerprint density at radius 1 is 1.17 bits per heavy atom. The molecular weight excluding hydrogens is 228 g/mol. The van der Waals surface area contributed by atoms with Crippen LogP contribution in [-0.4, -0.2) is 56.1 Å². The number of likely N-dealkylation sites (N-methyl/N-ethyl adjacent to an activating group) is 1. The molecule has 0 radical (unpaired) electrons. The molecule has 104 valence electrons. The number of nitrogens with one attached hydrogen (secondary N) is 1. The molecule has 3 fully saturated rings. The van der Waals surface area contributed by atoms with Gasteiger partial charge in [0.1, 0.15) is 0 Å². The van der Waals surface area contributed by atoms with Gasteiger partial charge in [-0.05, 0) is 39.3 Å². The molecule has 1 N–H and O–H groups in total. The summed E-state index contributed by atoms with van der Waals surface area (Å²) < 4.78 is 11.5. The molecule has 0 aromatic carbocycles. The Hall–Kier alpha value is -0.160. The topological polar surface area (TPSA) is 33.7 Å². The lowest BCUT2D eigenvalue weighted by Gasteiger charge is -2.36. The number of nitrogens with zero attached hydrogens (tertiary/aromatic N) is 1. The summed E-state index contributed by atoms with van der Waals surface area (Å²) >= 11 is 0. The smallest absolute Gasteiger partial charge is 0.168 e. The Morgan fingerprint density at radius 3 is 2.50 bits per heavy atom. The van der Waals surface area contributed by atoms with Crippen LogP contribution in [0.5, 0.6) is 0 Å². The fourth-order valence-corrected chi connectivity index (χ4v) is 3.59. The minimum absolute atomic E-state index is 0.206. The van der Waals surface area contributed by atoms with Crippen molar-refractivity contribution < 1.29 is 9.47 Å². The van der Waals surface area contributed by atoms with E-state index >= 15 is 0 Å². The standard InChI is InChI=1S/C14H26N2O2/c1-16-8-2-3-13(16)11-15-12-4-6-14(7-5-12)17-9-10-18-14/h12-13,15H,2-11H2,1H3. The van der Waals surface area contributed by atoms with E-state index in [9.17, 15) is 0 Å². The van der Waals surface area contributed by atoms with E-state index in [0.717, 1.165) is 38.6 Å². The van der Waals surface area contributed by atoms with Crippen LogP contribution in [0, 0.1) is 0 Å². The lowest BCUT2D eigenvalue weighted by Crippen LogP contribution is -2.45. The minimum Gasteiger partial charge on any atom is -0.348 e. The van der Waals surface area contributed by atoms with Crippen molar-refractivity contribution in [2.75, 3.05) is 33.4 Å². The van der Waals surface area contributed by atoms with E-state index < -0.39 is 0 Å². The average Bonchev–Trinajstić information content (AvgIpc) is 2.99. The van der Waals surface area contributed by atoms with E-state index in [4.69, 9.17) is 9.47 Å². The molecule has 3 aliphatic rings. The first-order valence-electron chi connectivity index (χ1n) is 7.49. The van der Waals surface area contributed by atoms with Crippen LogP contribution in [-0.2, 0) is 9.47 Å². The largest absolute Gasteiger partial charge is 0.348 e. The number of rotatable bonds is 3. The first-order valence-corrected chi connectivity index (χ1v) is 7.49. The molecule has 1 atom stereocenters. The van der Waals surface area contributed by atoms with Crippen molar-refractivity contribution in [3.05, 3.63) is 0 Å². The predicted molar refractivity (Wildman–Crippen MR) is 70.5 cm³/mol. The number of ether oxygens (including phenoxy) is 2. The number of hydrogen-bond acceptors (Lipinski definition) is 4. The maximum atomic E-state index is 5.77. The Kier molecular flexibility index (Phi) is 3.89. The van der Waals surface area contributed by atoms with Gasteiger partial charge in [-0.2, -0.15) is 0 Å². The monoisotopic (exact) mass is 254 g/mol. The maximum Gasteiger partial charge on any atom is 0.168 e. The highest BCUT2D eigenvalue weighted by Crippen LogP contribution is 2.35.